The van der Waals surface area contributed by atoms with Crippen LogP contribution in [0.3, 0.4) is 0 Å². The molecule has 0 atom stereocenters. The van der Waals surface area contributed by atoms with E-state index in [0.717, 1.165) is 24.0 Å². The fourth-order valence-corrected chi connectivity index (χ4v) is 5.16. The number of rotatable bonds is 4. The predicted octanol–water partition coefficient (Wildman–Crippen LogP) is 4.71. The number of hydrogen-bond acceptors (Lipinski definition) is 3. The molecule has 3 rings (SSSR count). The zero-order valence-electron chi connectivity index (χ0n) is 16.3. The second-order valence-electron chi connectivity index (χ2n) is 8.38. The molecule has 1 fully saturated rings. The minimum atomic E-state index is -3.71. The Hall–Kier alpha value is -1.82. The molecule has 1 aromatic heterocycles. The Bertz CT molecular complexity index is 881. The molecule has 1 aromatic carbocycles. The van der Waals surface area contributed by atoms with E-state index >= 15 is 0 Å². The number of nitrogens with one attached hydrogen (secondary N) is 1. The highest BCUT2D eigenvalue weighted by molar-refractivity contribution is 7.92. The van der Waals surface area contributed by atoms with Crippen molar-refractivity contribution in [2.75, 3.05) is 4.72 Å². The average Bonchev–Trinajstić information content (AvgIpc) is 3.19. The highest BCUT2D eigenvalue weighted by Gasteiger charge is 2.32. The molecular weight excluding hydrogens is 346 g/mol. The van der Waals surface area contributed by atoms with E-state index in [1.165, 1.54) is 12.8 Å². The maximum absolute atomic E-state index is 13.2. The standard InChI is InChI=1S/C20H29N3O2S/c1-14-9-8-10-15(2)18(14)22-26(24,25)17-13-23(16-11-6-7-12-16)21-19(17)20(3,4)5/h8-10,13,16,22H,6-7,11-12H2,1-5H3. The zero-order chi connectivity index (χ0) is 19.1. The van der Waals surface area contributed by atoms with Gasteiger partial charge in [0.05, 0.1) is 17.4 Å². The van der Waals surface area contributed by atoms with Crippen LogP contribution in [0, 0.1) is 13.8 Å². The maximum atomic E-state index is 13.2. The van der Waals surface area contributed by atoms with Gasteiger partial charge in [-0.25, -0.2) is 8.42 Å². The molecule has 1 saturated carbocycles. The van der Waals surface area contributed by atoms with E-state index in [-0.39, 0.29) is 5.41 Å². The zero-order valence-corrected chi connectivity index (χ0v) is 17.2. The molecule has 1 aliphatic rings. The van der Waals surface area contributed by atoms with Gasteiger partial charge in [0.15, 0.2) is 0 Å². The Morgan fingerprint density at radius 3 is 2.23 bits per heavy atom. The van der Waals surface area contributed by atoms with Crippen molar-refractivity contribution >= 4 is 15.7 Å². The van der Waals surface area contributed by atoms with Crippen molar-refractivity contribution in [3.8, 4) is 0 Å². The van der Waals surface area contributed by atoms with Crippen LogP contribution in [0.5, 0.6) is 0 Å². The third-order valence-electron chi connectivity index (χ3n) is 5.11. The summed E-state index contributed by atoms with van der Waals surface area (Å²) in [6.45, 7) is 9.85. The highest BCUT2D eigenvalue weighted by atomic mass is 32.2. The quantitative estimate of drug-likeness (QED) is 0.841. The van der Waals surface area contributed by atoms with E-state index in [4.69, 9.17) is 5.10 Å². The Labute approximate surface area is 156 Å². The molecule has 142 valence electrons. The first kappa shape index (κ1) is 19.0. The Morgan fingerprint density at radius 2 is 1.69 bits per heavy atom. The molecule has 6 heteroatoms. The number of aromatic nitrogens is 2. The molecule has 0 spiro atoms. The fourth-order valence-electron chi connectivity index (χ4n) is 3.61. The van der Waals surface area contributed by atoms with Crippen LogP contribution in [0.4, 0.5) is 5.69 Å². The lowest BCUT2D eigenvalue weighted by Crippen LogP contribution is -2.21. The predicted molar refractivity (Wildman–Crippen MR) is 105 cm³/mol. The number of benzene rings is 1. The molecule has 0 radical (unpaired) electrons. The van der Waals surface area contributed by atoms with Gasteiger partial charge in [0, 0.05) is 11.6 Å². The molecule has 5 nitrogen and oxygen atoms in total. The first-order valence-corrected chi connectivity index (χ1v) is 10.8. The molecule has 0 unspecified atom stereocenters. The van der Waals surface area contributed by atoms with Gasteiger partial charge in [0.25, 0.3) is 10.0 Å². The number of para-hydroxylation sites is 1. The summed E-state index contributed by atoms with van der Waals surface area (Å²) in [4.78, 5) is 0.291. The summed E-state index contributed by atoms with van der Waals surface area (Å²) in [6, 6.07) is 6.07. The Kier molecular flexibility index (Phi) is 4.90. The van der Waals surface area contributed by atoms with Gasteiger partial charge in [0.1, 0.15) is 4.90 Å². The van der Waals surface area contributed by atoms with Crippen molar-refractivity contribution in [1.29, 1.82) is 0 Å². The van der Waals surface area contributed by atoms with Gasteiger partial charge in [-0.05, 0) is 37.8 Å². The smallest absolute Gasteiger partial charge is 0.265 e. The van der Waals surface area contributed by atoms with Crippen molar-refractivity contribution in [1.82, 2.24) is 9.78 Å². The first-order valence-electron chi connectivity index (χ1n) is 9.28. The number of hydrogen-bond donors (Lipinski definition) is 1. The van der Waals surface area contributed by atoms with Gasteiger partial charge < -0.3 is 0 Å². The van der Waals surface area contributed by atoms with E-state index in [1.807, 2.05) is 57.5 Å². The third kappa shape index (κ3) is 3.65. The van der Waals surface area contributed by atoms with Gasteiger partial charge in [-0.2, -0.15) is 5.10 Å². The SMILES string of the molecule is Cc1cccc(C)c1NS(=O)(=O)c1cn(C2CCCC2)nc1C(C)(C)C. The lowest BCUT2D eigenvalue weighted by molar-refractivity contribution is 0.448. The summed E-state index contributed by atoms with van der Waals surface area (Å²) in [6.07, 6.45) is 6.22. The summed E-state index contributed by atoms with van der Waals surface area (Å²) in [5.74, 6) is 0. The fraction of sp³-hybridized carbons (Fsp3) is 0.550. The third-order valence-corrected chi connectivity index (χ3v) is 6.47. The Morgan fingerprint density at radius 1 is 1.12 bits per heavy atom. The lowest BCUT2D eigenvalue weighted by Gasteiger charge is -2.19. The summed E-state index contributed by atoms with van der Waals surface area (Å²) < 4.78 is 31.2. The van der Waals surface area contributed by atoms with E-state index in [9.17, 15) is 8.42 Å². The monoisotopic (exact) mass is 375 g/mol. The van der Waals surface area contributed by atoms with Crippen molar-refractivity contribution in [3.63, 3.8) is 0 Å². The van der Waals surface area contributed by atoms with Gasteiger partial charge >= 0.3 is 0 Å². The summed E-state index contributed by atoms with van der Waals surface area (Å²) >= 11 is 0. The van der Waals surface area contributed by atoms with Crippen molar-refractivity contribution in [2.24, 2.45) is 0 Å². The summed E-state index contributed by atoms with van der Waals surface area (Å²) in [5.41, 5.74) is 2.75. The van der Waals surface area contributed by atoms with Crippen LogP contribution in [0.1, 0.15) is 69.3 Å². The van der Waals surface area contributed by atoms with Crippen LogP contribution < -0.4 is 4.72 Å². The van der Waals surface area contributed by atoms with Crippen LogP contribution in [0.15, 0.2) is 29.3 Å². The lowest BCUT2D eigenvalue weighted by atomic mass is 9.92. The number of nitrogens with zero attached hydrogens (tertiary/aromatic N) is 2. The highest BCUT2D eigenvalue weighted by Crippen LogP contribution is 2.34. The minimum absolute atomic E-state index is 0.291. The van der Waals surface area contributed by atoms with E-state index < -0.39 is 10.0 Å². The summed E-state index contributed by atoms with van der Waals surface area (Å²) in [5, 5.41) is 4.71. The molecular formula is C20H29N3O2S. The summed E-state index contributed by atoms with van der Waals surface area (Å²) in [7, 11) is -3.71. The number of anilines is 1. The molecule has 0 bridgehead atoms. The van der Waals surface area contributed by atoms with Crippen LogP contribution in [0.2, 0.25) is 0 Å². The van der Waals surface area contributed by atoms with Gasteiger partial charge in [-0.15, -0.1) is 0 Å². The second-order valence-corrected chi connectivity index (χ2v) is 10.0. The van der Waals surface area contributed by atoms with Crippen LogP contribution in [0.25, 0.3) is 0 Å². The first-order chi connectivity index (χ1) is 12.1. The van der Waals surface area contributed by atoms with Gasteiger partial charge in [-0.3, -0.25) is 9.40 Å². The second kappa shape index (κ2) is 6.72. The van der Waals surface area contributed by atoms with E-state index in [1.54, 1.807) is 6.20 Å². The van der Waals surface area contributed by atoms with E-state index in [0.29, 0.717) is 22.3 Å². The van der Waals surface area contributed by atoms with Crippen molar-refractivity contribution in [3.05, 3.63) is 41.2 Å². The van der Waals surface area contributed by atoms with E-state index in [2.05, 4.69) is 4.72 Å². The molecule has 2 aromatic rings. The molecule has 26 heavy (non-hydrogen) atoms. The largest absolute Gasteiger partial charge is 0.279 e. The number of aryl methyl sites for hydroxylation is 2. The van der Waals surface area contributed by atoms with Crippen LogP contribution in [-0.4, -0.2) is 18.2 Å². The number of sulfonamides is 1. The molecule has 1 N–H and O–H groups in total. The van der Waals surface area contributed by atoms with Gasteiger partial charge in [0.2, 0.25) is 0 Å². The van der Waals surface area contributed by atoms with Crippen LogP contribution >= 0.6 is 0 Å². The molecule has 1 heterocycles. The average molecular weight is 376 g/mol. The van der Waals surface area contributed by atoms with Crippen molar-refractivity contribution in [2.45, 2.75) is 76.7 Å². The Balaban J connectivity index is 2.06. The normalized spacial score (nSPS) is 16.2. The molecule has 0 saturated heterocycles. The molecule has 0 aliphatic heterocycles. The topological polar surface area (TPSA) is 64.0 Å². The van der Waals surface area contributed by atoms with Crippen LogP contribution in [-0.2, 0) is 15.4 Å². The van der Waals surface area contributed by atoms with Gasteiger partial charge in [-0.1, -0.05) is 51.8 Å². The molecule has 1 aliphatic carbocycles. The molecule has 0 amide bonds. The van der Waals surface area contributed by atoms with Crippen molar-refractivity contribution < 1.29 is 8.42 Å². The minimum Gasteiger partial charge on any atom is -0.279 e. The maximum Gasteiger partial charge on any atom is 0.265 e.